The molecular formula is C23H32N2O3. The van der Waals surface area contributed by atoms with Crippen molar-refractivity contribution in [1.29, 1.82) is 0 Å². The third kappa shape index (κ3) is 3.69. The predicted octanol–water partition coefficient (Wildman–Crippen LogP) is 3.34. The lowest BCUT2D eigenvalue weighted by Crippen LogP contribution is -2.78. The van der Waals surface area contributed by atoms with Crippen LogP contribution in [0.3, 0.4) is 0 Å². The number of nitrogens with one attached hydrogen (secondary N) is 1. The minimum atomic E-state index is -0.438. The quantitative estimate of drug-likeness (QED) is 0.818. The Bertz CT molecular complexity index is 744. The van der Waals surface area contributed by atoms with Gasteiger partial charge in [-0.25, -0.2) is 0 Å². The zero-order chi connectivity index (χ0) is 19.8. The van der Waals surface area contributed by atoms with Crippen molar-refractivity contribution >= 4 is 11.8 Å². The number of carbonyl (C=O) groups excluding carboxylic acids is 2. The highest BCUT2D eigenvalue weighted by atomic mass is 16.5. The van der Waals surface area contributed by atoms with E-state index in [1.54, 1.807) is 6.92 Å². The zero-order valence-corrected chi connectivity index (χ0v) is 17.1. The lowest BCUT2D eigenvalue weighted by atomic mass is 9.79. The number of ether oxygens (including phenoxy) is 1. The fraction of sp³-hybridized carbons (Fsp3) is 0.652. The van der Waals surface area contributed by atoms with Crippen molar-refractivity contribution in [2.24, 2.45) is 5.92 Å². The summed E-state index contributed by atoms with van der Waals surface area (Å²) in [5.41, 5.74) is 1.59. The van der Waals surface area contributed by atoms with Crippen molar-refractivity contribution in [3.63, 3.8) is 0 Å². The average Bonchev–Trinajstić information content (AvgIpc) is 3.44. The molecule has 1 aliphatic heterocycles. The van der Waals surface area contributed by atoms with Crippen LogP contribution in [-0.4, -0.2) is 40.9 Å². The van der Waals surface area contributed by atoms with Gasteiger partial charge in [-0.1, -0.05) is 49.1 Å². The van der Waals surface area contributed by atoms with Crippen LogP contribution in [0.2, 0.25) is 0 Å². The van der Waals surface area contributed by atoms with Crippen molar-refractivity contribution in [2.45, 2.75) is 76.5 Å². The van der Waals surface area contributed by atoms with E-state index < -0.39 is 5.54 Å². The number of aryl methyl sites for hydroxylation is 1. The van der Waals surface area contributed by atoms with Gasteiger partial charge in [-0.3, -0.25) is 9.59 Å². The van der Waals surface area contributed by atoms with Crippen LogP contribution in [0, 0.1) is 12.8 Å². The molecule has 0 bridgehead atoms. The maximum atomic E-state index is 12.9. The molecule has 0 aromatic heterocycles. The van der Waals surface area contributed by atoms with E-state index in [-0.39, 0.29) is 23.3 Å². The van der Waals surface area contributed by atoms with Crippen LogP contribution in [0.5, 0.6) is 0 Å². The van der Waals surface area contributed by atoms with E-state index in [0.29, 0.717) is 19.7 Å². The Morgan fingerprint density at radius 1 is 1.18 bits per heavy atom. The van der Waals surface area contributed by atoms with Gasteiger partial charge in [-0.2, -0.15) is 0 Å². The summed E-state index contributed by atoms with van der Waals surface area (Å²) in [6, 6.07) is 8.34. The van der Waals surface area contributed by atoms with Crippen LogP contribution in [0.25, 0.3) is 0 Å². The van der Waals surface area contributed by atoms with E-state index >= 15 is 0 Å². The third-order valence-corrected chi connectivity index (χ3v) is 6.78. The molecule has 1 aromatic rings. The molecule has 0 unspecified atom stereocenters. The van der Waals surface area contributed by atoms with Crippen molar-refractivity contribution < 1.29 is 14.3 Å². The van der Waals surface area contributed by atoms with Crippen molar-refractivity contribution in [3.05, 3.63) is 35.4 Å². The van der Waals surface area contributed by atoms with Gasteiger partial charge < -0.3 is 15.0 Å². The Hall–Kier alpha value is -1.88. The lowest BCUT2D eigenvalue weighted by molar-refractivity contribution is -0.161. The first-order chi connectivity index (χ1) is 13.4. The van der Waals surface area contributed by atoms with Crippen molar-refractivity contribution in [2.75, 3.05) is 13.1 Å². The summed E-state index contributed by atoms with van der Waals surface area (Å²) in [7, 11) is 0. The van der Waals surface area contributed by atoms with E-state index in [0.717, 1.165) is 44.1 Å². The van der Waals surface area contributed by atoms with Gasteiger partial charge in [0, 0.05) is 25.9 Å². The number of hydrogen-bond donors (Lipinski definition) is 1. The van der Waals surface area contributed by atoms with Crippen LogP contribution in [0.1, 0.15) is 63.0 Å². The molecule has 2 amide bonds. The van der Waals surface area contributed by atoms with Crippen LogP contribution in [-0.2, 0) is 20.9 Å². The Labute approximate surface area is 167 Å². The summed E-state index contributed by atoms with van der Waals surface area (Å²) in [5, 5.41) is 3.17. The fourth-order valence-electron chi connectivity index (χ4n) is 5.08. The molecule has 28 heavy (non-hydrogen) atoms. The summed E-state index contributed by atoms with van der Waals surface area (Å²) in [5.74, 6) is 0.401. The summed E-state index contributed by atoms with van der Waals surface area (Å²) in [6.45, 7) is 5.34. The molecule has 1 saturated heterocycles. The summed E-state index contributed by atoms with van der Waals surface area (Å²) >= 11 is 0. The number of hydrogen-bond acceptors (Lipinski definition) is 3. The Morgan fingerprint density at radius 3 is 2.50 bits per heavy atom. The lowest BCUT2D eigenvalue weighted by Gasteiger charge is -2.55. The van der Waals surface area contributed by atoms with Gasteiger partial charge in [0.25, 0.3) is 0 Å². The highest BCUT2D eigenvalue weighted by Crippen LogP contribution is 2.53. The topological polar surface area (TPSA) is 58.6 Å². The largest absolute Gasteiger partial charge is 0.368 e. The number of carbonyl (C=O) groups is 2. The molecule has 5 heteroatoms. The van der Waals surface area contributed by atoms with Gasteiger partial charge in [0.05, 0.1) is 12.2 Å². The van der Waals surface area contributed by atoms with Gasteiger partial charge in [-0.15, -0.1) is 0 Å². The monoisotopic (exact) mass is 384 g/mol. The van der Waals surface area contributed by atoms with Gasteiger partial charge in [0.15, 0.2) is 0 Å². The molecule has 4 rings (SSSR count). The standard InChI is InChI=1S/C23H32N2O3/c1-17-7-6-8-19(13-17)14-28-23(11-12-23)22(24-18(2)26)15-25(16-22)21(27)20-9-4-3-5-10-20/h6-8,13,20H,3-5,9-12,14-16H2,1-2H3,(H,24,26). The van der Waals surface area contributed by atoms with Crippen LogP contribution in [0.15, 0.2) is 24.3 Å². The first kappa shape index (κ1) is 19.4. The highest BCUT2D eigenvalue weighted by Gasteiger charge is 2.67. The first-order valence-corrected chi connectivity index (χ1v) is 10.7. The zero-order valence-electron chi connectivity index (χ0n) is 17.1. The number of benzene rings is 1. The van der Waals surface area contributed by atoms with E-state index in [2.05, 4.69) is 30.4 Å². The smallest absolute Gasteiger partial charge is 0.225 e. The van der Waals surface area contributed by atoms with Crippen LogP contribution >= 0.6 is 0 Å². The van der Waals surface area contributed by atoms with Gasteiger partial charge in [0.1, 0.15) is 5.54 Å². The van der Waals surface area contributed by atoms with Crippen LogP contribution in [0.4, 0.5) is 0 Å². The molecule has 1 aromatic carbocycles. The SMILES string of the molecule is CC(=O)NC1(C2(OCc3cccc(C)c3)CC2)CN(C(=O)C2CCCCC2)C1. The number of rotatable bonds is 6. The summed E-state index contributed by atoms with van der Waals surface area (Å²) in [6.07, 6.45) is 7.45. The Morgan fingerprint density at radius 2 is 1.89 bits per heavy atom. The van der Waals surface area contributed by atoms with Crippen molar-refractivity contribution in [1.82, 2.24) is 10.2 Å². The summed E-state index contributed by atoms with van der Waals surface area (Å²) < 4.78 is 6.41. The maximum Gasteiger partial charge on any atom is 0.225 e. The third-order valence-electron chi connectivity index (χ3n) is 6.78. The maximum absolute atomic E-state index is 12.9. The number of amides is 2. The van der Waals surface area contributed by atoms with E-state index in [1.807, 2.05) is 11.0 Å². The average molecular weight is 385 g/mol. The van der Waals surface area contributed by atoms with E-state index in [1.165, 1.54) is 12.0 Å². The van der Waals surface area contributed by atoms with Gasteiger partial charge in [-0.05, 0) is 38.2 Å². The molecule has 1 N–H and O–H groups in total. The Kier molecular flexibility index (Phi) is 5.21. The van der Waals surface area contributed by atoms with Crippen LogP contribution < -0.4 is 5.32 Å². The normalized spacial score (nSPS) is 23.0. The summed E-state index contributed by atoms with van der Waals surface area (Å²) in [4.78, 5) is 26.8. The molecule has 2 aliphatic carbocycles. The molecule has 3 aliphatic rings. The second-order valence-corrected chi connectivity index (χ2v) is 9.06. The molecule has 152 valence electrons. The first-order valence-electron chi connectivity index (χ1n) is 10.7. The van der Waals surface area contributed by atoms with E-state index in [4.69, 9.17) is 4.74 Å². The molecule has 5 nitrogen and oxygen atoms in total. The second kappa shape index (κ2) is 7.51. The molecule has 3 fully saturated rings. The second-order valence-electron chi connectivity index (χ2n) is 9.06. The van der Waals surface area contributed by atoms with Crippen molar-refractivity contribution in [3.8, 4) is 0 Å². The molecule has 0 spiro atoms. The van der Waals surface area contributed by atoms with Gasteiger partial charge in [0.2, 0.25) is 11.8 Å². The fourth-order valence-corrected chi connectivity index (χ4v) is 5.08. The number of nitrogens with zero attached hydrogens (tertiary/aromatic N) is 1. The molecule has 0 radical (unpaired) electrons. The van der Waals surface area contributed by atoms with E-state index in [9.17, 15) is 9.59 Å². The highest BCUT2D eigenvalue weighted by molar-refractivity contribution is 5.81. The molecule has 0 atom stereocenters. The van der Waals surface area contributed by atoms with Gasteiger partial charge >= 0.3 is 0 Å². The molecular weight excluding hydrogens is 352 g/mol. The molecule has 1 heterocycles. The predicted molar refractivity (Wildman–Crippen MR) is 108 cm³/mol. The minimum absolute atomic E-state index is 0.0461. The number of likely N-dealkylation sites (tertiary alicyclic amines) is 1. The minimum Gasteiger partial charge on any atom is -0.368 e. The Balaban J connectivity index is 1.43. The molecule has 2 saturated carbocycles.